The molecule has 2 N–H and O–H groups in total. The lowest BCUT2D eigenvalue weighted by molar-refractivity contribution is 0.776. The Morgan fingerprint density at radius 3 is 2.35 bits per heavy atom. The van der Waals surface area contributed by atoms with Gasteiger partial charge in [0.25, 0.3) is 0 Å². The SMILES string of the molecule is CN=C(NCCc1ccc(Cl)cc1)NCCc1ccccn1.I. The van der Waals surface area contributed by atoms with Crippen LogP contribution in [0.5, 0.6) is 0 Å². The summed E-state index contributed by atoms with van der Waals surface area (Å²) in [6.45, 7) is 1.63. The summed E-state index contributed by atoms with van der Waals surface area (Å²) in [6.07, 6.45) is 3.62. The Bertz CT molecular complexity index is 587. The van der Waals surface area contributed by atoms with E-state index in [1.807, 2.05) is 48.7 Å². The van der Waals surface area contributed by atoms with Gasteiger partial charge >= 0.3 is 0 Å². The van der Waals surface area contributed by atoms with E-state index in [0.717, 1.165) is 42.6 Å². The van der Waals surface area contributed by atoms with Gasteiger partial charge < -0.3 is 10.6 Å². The Labute approximate surface area is 159 Å². The minimum absolute atomic E-state index is 0. The first kappa shape index (κ1) is 19.7. The molecule has 1 heterocycles. The highest BCUT2D eigenvalue weighted by atomic mass is 127. The standard InChI is InChI=1S/C17H21ClN4.HI/c1-19-17(22-13-10-16-4-2-3-11-20-16)21-12-9-14-5-7-15(18)8-6-14;/h2-8,11H,9-10,12-13H2,1H3,(H2,19,21,22);1H. The molecule has 124 valence electrons. The molecule has 1 aromatic carbocycles. The maximum atomic E-state index is 5.88. The van der Waals surface area contributed by atoms with Gasteiger partial charge in [-0.05, 0) is 36.2 Å². The average molecular weight is 445 g/mol. The molecule has 23 heavy (non-hydrogen) atoms. The molecule has 0 atom stereocenters. The van der Waals surface area contributed by atoms with Crippen LogP contribution < -0.4 is 10.6 Å². The predicted molar refractivity (Wildman–Crippen MR) is 108 cm³/mol. The number of nitrogens with one attached hydrogen (secondary N) is 2. The fourth-order valence-corrected chi connectivity index (χ4v) is 2.18. The summed E-state index contributed by atoms with van der Waals surface area (Å²) in [7, 11) is 1.78. The molecule has 0 aliphatic heterocycles. The molecular weight excluding hydrogens is 423 g/mol. The predicted octanol–water partition coefficient (Wildman–Crippen LogP) is 3.30. The highest BCUT2D eigenvalue weighted by Crippen LogP contribution is 2.09. The molecule has 0 bridgehead atoms. The van der Waals surface area contributed by atoms with Crippen molar-refractivity contribution < 1.29 is 0 Å². The second kappa shape index (κ2) is 11.2. The number of hydrogen-bond donors (Lipinski definition) is 2. The van der Waals surface area contributed by atoms with Gasteiger partial charge in [-0.25, -0.2) is 0 Å². The van der Waals surface area contributed by atoms with Gasteiger partial charge in [0.15, 0.2) is 5.96 Å². The molecule has 0 saturated carbocycles. The van der Waals surface area contributed by atoms with Gasteiger partial charge in [0.2, 0.25) is 0 Å². The number of nitrogens with zero attached hydrogens (tertiary/aromatic N) is 2. The van der Waals surface area contributed by atoms with Crippen LogP contribution in [0.2, 0.25) is 5.02 Å². The normalized spacial score (nSPS) is 10.8. The summed E-state index contributed by atoms with van der Waals surface area (Å²) in [5, 5.41) is 7.36. The van der Waals surface area contributed by atoms with Crippen LogP contribution in [0.1, 0.15) is 11.3 Å². The topological polar surface area (TPSA) is 49.3 Å². The van der Waals surface area contributed by atoms with Gasteiger partial charge in [-0.1, -0.05) is 29.8 Å². The fraction of sp³-hybridized carbons (Fsp3) is 0.294. The van der Waals surface area contributed by atoms with Crippen LogP contribution in [-0.4, -0.2) is 31.1 Å². The van der Waals surface area contributed by atoms with Crippen molar-refractivity contribution in [2.45, 2.75) is 12.8 Å². The molecule has 0 saturated heterocycles. The zero-order valence-corrected chi connectivity index (χ0v) is 16.2. The van der Waals surface area contributed by atoms with Crippen LogP contribution in [0.4, 0.5) is 0 Å². The van der Waals surface area contributed by atoms with Crippen LogP contribution in [0.15, 0.2) is 53.7 Å². The first-order valence-corrected chi connectivity index (χ1v) is 7.74. The molecule has 0 fully saturated rings. The smallest absolute Gasteiger partial charge is 0.190 e. The molecule has 0 radical (unpaired) electrons. The molecule has 6 heteroatoms. The van der Waals surface area contributed by atoms with E-state index in [2.05, 4.69) is 20.6 Å². The molecule has 4 nitrogen and oxygen atoms in total. The molecule has 2 aromatic rings. The third-order valence-corrected chi connectivity index (χ3v) is 3.49. The maximum absolute atomic E-state index is 5.88. The molecule has 1 aromatic heterocycles. The highest BCUT2D eigenvalue weighted by molar-refractivity contribution is 14.0. The van der Waals surface area contributed by atoms with E-state index in [-0.39, 0.29) is 24.0 Å². The number of hydrogen-bond acceptors (Lipinski definition) is 2. The number of aromatic nitrogens is 1. The first-order valence-electron chi connectivity index (χ1n) is 7.37. The van der Waals surface area contributed by atoms with Crippen molar-refractivity contribution in [3.63, 3.8) is 0 Å². The summed E-state index contributed by atoms with van der Waals surface area (Å²) in [5.74, 6) is 0.810. The molecule has 2 rings (SSSR count). The lowest BCUT2D eigenvalue weighted by Crippen LogP contribution is -2.39. The third-order valence-electron chi connectivity index (χ3n) is 3.24. The minimum atomic E-state index is 0. The van der Waals surface area contributed by atoms with E-state index in [4.69, 9.17) is 11.6 Å². The summed E-state index contributed by atoms with van der Waals surface area (Å²) in [6, 6.07) is 13.9. The summed E-state index contributed by atoms with van der Waals surface area (Å²) in [5.41, 5.74) is 2.33. The molecular formula is C17H22ClIN4. The number of rotatable bonds is 6. The number of pyridine rings is 1. The lowest BCUT2D eigenvalue weighted by atomic mass is 10.1. The second-order valence-electron chi connectivity index (χ2n) is 4.87. The van der Waals surface area contributed by atoms with Crippen LogP contribution in [0.25, 0.3) is 0 Å². The van der Waals surface area contributed by atoms with Crippen LogP contribution in [0, 0.1) is 0 Å². The van der Waals surface area contributed by atoms with Crippen molar-refractivity contribution in [2.24, 2.45) is 4.99 Å². The van der Waals surface area contributed by atoms with Crippen LogP contribution in [-0.2, 0) is 12.8 Å². The molecule has 0 aliphatic rings. The Morgan fingerprint density at radius 1 is 1.04 bits per heavy atom. The summed E-state index contributed by atoms with van der Waals surface area (Å²) >= 11 is 5.88. The van der Waals surface area contributed by atoms with E-state index in [1.54, 1.807) is 7.05 Å². The minimum Gasteiger partial charge on any atom is -0.356 e. The Balaban J connectivity index is 0.00000264. The van der Waals surface area contributed by atoms with Crippen LogP contribution in [0.3, 0.4) is 0 Å². The number of benzene rings is 1. The quantitative estimate of drug-likeness (QED) is 0.408. The highest BCUT2D eigenvalue weighted by Gasteiger charge is 1.99. The lowest BCUT2D eigenvalue weighted by Gasteiger charge is -2.11. The first-order chi connectivity index (χ1) is 10.8. The zero-order valence-electron chi connectivity index (χ0n) is 13.1. The van der Waals surface area contributed by atoms with Gasteiger partial charge in [-0.15, -0.1) is 24.0 Å². The summed E-state index contributed by atoms with van der Waals surface area (Å²) in [4.78, 5) is 8.52. The molecule has 0 unspecified atom stereocenters. The van der Waals surface area contributed by atoms with E-state index in [9.17, 15) is 0 Å². The zero-order chi connectivity index (χ0) is 15.6. The van der Waals surface area contributed by atoms with E-state index >= 15 is 0 Å². The van der Waals surface area contributed by atoms with Gasteiger partial charge in [-0.3, -0.25) is 9.98 Å². The van der Waals surface area contributed by atoms with E-state index in [0.29, 0.717) is 0 Å². The van der Waals surface area contributed by atoms with Crippen molar-refractivity contribution in [1.82, 2.24) is 15.6 Å². The molecule has 0 spiro atoms. The van der Waals surface area contributed by atoms with Crippen molar-refractivity contribution in [3.8, 4) is 0 Å². The molecule has 0 aliphatic carbocycles. The third kappa shape index (κ3) is 7.65. The Morgan fingerprint density at radius 2 is 1.74 bits per heavy atom. The number of guanidine groups is 1. The number of halogens is 2. The average Bonchev–Trinajstić information content (AvgIpc) is 2.56. The van der Waals surface area contributed by atoms with Gasteiger partial charge in [-0.2, -0.15) is 0 Å². The fourth-order valence-electron chi connectivity index (χ4n) is 2.05. The van der Waals surface area contributed by atoms with Gasteiger partial charge in [0.05, 0.1) is 0 Å². The van der Waals surface area contributed by atoms with Crippen molar-refractivity contribution in [2.75, 3.05) is 20.1 Å². The van der Waals surface area contributed by atoms with Crippen molar-refractivity contribution in [3.05, 3.63) is 64.9 Å². The Hall–Kier alpha value is -1.34. The van der Waals surface area contributed by atoms with E-state index in [1.165, 1.54) is 5.56 Å². The second-order valence-corrected chi connectivity index (χ2v) is 5.31. The van der Waals surface area contributed by atoms with E-state index < -0.39 is 0 Å². The Kier molecular flexibility index (Phi) is 9.63. The molecule has 0 amide bonds. The number of aliphatic imine (C=N–C) groups is 1. The van der Waals surface area contributed by atoms with Gasteiger partial charge in [0.1, 0.15) is 0 Å². The van der Waals surface area contributed by atoms with Gasteiger partial charge in [0, 0.05) is 43.5 Å². The largest absolute Gasteiger partial charge is 0.356 e. The maximum Gasteiger partial charge on any atom is 0.190 e. The van der Waals surface area contributed by atoms with Crippen molar-refractivity contribution in [1.29, 1.82) is 0 Å². The van der Waals surface area contributed by atoms with Crippen LogP contribution >= 0.6 is 35.6 Å². The van der Waals surface area contributed by atoms with Crippen molar-refractivity contribution >= 4 is 41.5 Å². The monoisotopic (exact) mass is 444 g/mol. The summed E-state index contributed by atoms with van der Waals surface area (Å²) < 4.78 is 0.